The van der Waals surface area contributed by atoms with Crippen molar-refractivity contribution in [1.29, 1.82) is 0 Å². The van der Waals surface area contributed by atoms with Gasteiger partial charge in [-0.25, -0.2) is 0 Å². The van der Waals surface area contributed by atoms with E-state index in [2.05, 4.69) is 4.74 Å². The van der Waals surface area contributed by atoms with E-state index in [-0.39, 0.29) is 18.3 Å². The molecule has 0 saturated heterocycles. The first-order chi connectivity index (χ1) is 8.45. The summed E-state index contributed by atoms with van der Waals surface area (Å²) in [6, 6.07) is 5.20. The average Bonchev–Trinajstić information content (AvgIpc) is 2.37. The summed E-state index contributed by atoms with van der Waals surface area (Å²) in [6.45, 7) is 2.17. The number of hydrogen-bond acceptors (Lipinski definition) is 4. The zero-order valence-corrected chi connectivity index (χ0v) is 10.9. The van der Waals surface area contributed by atoms with Crippen LogP contribution in [0.3, 0.4) is 0 Å². The third-order valence-electron chi connectivity index (χ3n) is 2.72. The molecule has 0 unspecified atom stereocenters. The van der Waals surface area contributed by atoms with Crippen LogP contribution in [0.5, 0.6) is 0 Å². The van der Waals surface area contributed by atoms with Crippen molar-refractivity contribution < 1.29 is 14.3 Å². The van der Waals surface area contributed by atoms with Gasteiger partial charge in [0.1, 0.15) is 0 Å². The summed E-state index contributed by atoms with van der Waals surface area (Å²) >= 11 is 0. The number of rotatable bonds is 4. The van der Waals surface area contributed by atoms with E-state index in [1.807, 2.05) is 6.92 Å². The number of hydrogen-bond donors (Lipinski definition) is 1. The molecule has 0 aliphatic heterocycles. The van der Waals surface area contributed by atoms with Crippen LogP contribution in [0.25, 0.3) is 0 Å². The molecular weight excluding hydrogens is 232 g/mol. The minimum atomic E-state index is -0.334. The predicted octanol–water partition coefficient (Wildman–Crippen LogP) is 1.21. The fourth-order valence-electron chi connectivity index (χ4n) is 1.54. The number of nitrogens with two attached hydrogens (primary N) is 1. The van der Waals surface area contributed by atoms with Gasteiger partial charge in [-0.3, -0.25) is 9.59 Å². The van der Waals surface area contributed by atoms with E-state index in [0.29, 0.717) is 17.8 Å². The molecule has 98 valence electrons. The van der Waals surface area contributed by atoms with Gasteiger partial charge in [0.25, 0.3) is 5.91 Å². The summed E-state index contributed by atoms with van der Waals surface area (Å²) < 4.78 is 4.53. The number of carbonyl (C=O) groups is 2. The van der Waals surface area contributed by atoms with Crippen molar-refractivity contribution in [3.63, 3.8) is 0 Å². The summed E-state index contributed by atoms with van der Waals surface area (Å²) in [6.07, 6.45) is 0.181. The van der Waals surface area contributed by atoms with Gasteiger partial charge in [-0.1, -0.05) is 6.07 Å². The van der Waals surface area contributed by atoms with Crippen LogP contribution in [0.4, 0.5) is 5.69 Å². The zero-order valence-electron chi connectivity index (χ0n) is 10.9. The first-order valence-corrected chi connectivity index (χ1v) is 5.64. The Hall–Kier alpha value is -2.04. The van der Waals surface area contributed by atoms with Gasteiger partial charge in [0.15, 0.2) is 0 Å². The third kappa shape index (κ3) is 3.48. The van der Waals surface area contributed by atoms with Crippen molar-refractivity contribution in [2.24, 2.45) is 0 Å². The van der Waals surface area contributed by atoms with Gasteiger partial charge in [-0.15, -0.1) is 0 Å². The van der Waals surface area contributed by atoms with Gasteiger partial charge in [-0.2, -0.15) is 0 Å². The second-order valence-electron chi connectivity index (χ2n) is 4.13. The van der Waals surface area contributed by atoms with Crippen LogP contribution in [0.2, 0.25) is 0 Å². The molecule has 0 radical (unpaired) electrons. The van der Waals surface area contributed by atoms with Crippen LogP contribution >= 0.6 is 0 Å². The maximum Gasteiger partial charge on any atom is 0.307 e. The lowest BCUT2D eigenvalue weighted by atomic mass is 10.1. The van der Waals surface area contributed by atoms with Crippen molar-refractivity contribution in [2.45, 2.75) is 13.3 Å². The molecule has 1 aromatic rings. The first-order valence-electron chi connectivity index (χ1n) is 5.64. The molecule has 1 aromatic carbocycles. The summed E-state index contributed by atoms with van der Waals surface area (Å²) in [5.74, 6) is -0.484. The van der Waals surface area contributed by atoms with E-state index in [4.69, 9.17) is 5.73 Å². The minimum Gasteiger partial charge on any atom is -0.469 e. The topological polar surface area (TPSA) is 72.6 Å². The Kier molecular flexibility index (Phi) is 4.71. The number of methoxy groups -OCH3 is 1. The molecule has 0 aliphatic carbocycles. The van der Waals surface area contributed by atoms with Gasteiger partial charge >= 0.3 is 5.97 Å². The molecule has 0 spiro atoms. The summed E-state index contributed by atoms with van der Waals surface area (Å²) in [4.78, 5) is 24.6. The standard InChI is InChI=1S/C13H18N2O3/c1-9-4-5-10(14)8-11(9)13(17)15(2)7-6-12(16)18-3/h4-5,8H,6-7,14H2,1-3H3. The van der Waals surface area contributed by atoms with Gasteiger partial charge in [0.2, 0.25) is 0 Å². The van der Waals surface area contributed by atoms with E-state index in [1.54, 1.807) is 25.2 Å². The molecule has 0 bridgehead atoms. The smallest absolute Gasteiger partial charge is 0.307 e. The number of nitrogen functional groups attached to an aromatic ring is 1. The molecule has 1 rings (SSSR count). The lowest BCUT2D eigenvalue weighted by molar-refractivity contribution is -0.140. The lowest BCUT2D eigenvalue weighted by Crippen LogP contribution is -2.29. The number of anilines is 1. The molecule has 0 aromatic heterocycles. The number of benzene rings is 1. The van der Waals surface area contributed by atoms with Crippen LogP contribution in [-0.4, -0.2) is 37.5 Å². The number of carbonyl (C=O) groups excluding carboxylic acids is 2. The monoisotopic (exact) mass is 250 g/mol. The minimum absolute atomic E-state index is 0.149. The van der Waals surface area contributed by atoms with Gasteiger partial charge in [0.05, 0.1) is 13.5 Å². The second-order valence-corrected chi connectivity index (χ2v) is 4.13. The predicted molar refractivity (Wildman–Crippen MR) is 69.2 cm³/mol. The Morgan fingerprint density at radius 2 is 2.06 bits per heavy atom. The highest BCUT2D eigenvalue weighted by molar-refractivity contribution is 5.96. The number of amides is 1. The van der Waals surface area contributed by atoms with Crippen LogP contribution < -0.4 is 5.73 Å². The van der Waals surface area contributed by atoms with Gasteiger partial charge in [-0.05, 0) is 24.6 Å². The maximum absolute atomic E-state index is 12.1. The summed E-state index contributed by atoms with van der Waals surface area (Å²) in [5, 5.41) is 0. The van der Waals surface area contributed by atoms with Crippen molar-refractivity contribution in [2.75, 3.05) is 26.4 Å². The van der Waals surface area contributed by atoms with Crippen LogP contribution in [0, 0.1) is 6.92 Å². The Morgan fingerprint density at radius 1 is 1.39 bits per heavy atom. The molecule has 0 heterocycles. The number of esters is 1. The molecule has 5 heteroatoms. The average molecular weight is 250 g/mol. The highest BCUT2D eigenvalue weighted by atomic mass is 16.5. The fraction of sp³-hybridized carbons (Fsp3) is 0.385. The van der Waals surface area contributed by atoms with E-state index in [0.717, 1.165) is 5.56 Å². The Labute approximate surface area is 107 Å². The zero-order chi connectivity index (χ0) is 13.7. The molecule has 0 atom stereocenters. The highest BCUT2D eigenvalue weighted by Crippen LogP contribution is 2.14. The summed E-state index contributed by atoms with van der Waals surface area (Å²) in [5.41, 5.74) is 7.63. The van der Waals surface area contributed by atoms with Crippen molar-refractivity contribution in [3.05, 3.63) is 29.3 Å². The van der Waals surface area contributed by atoms with Crippen LogP contribution in [-0.2, 0) is 9.53 Å². The molecule has 0 saturated carbocycles. The van der Waals surface area contributed by atoms with Crippen molar-refractivity contribution >= 4 is 17.6 Å². The van der Waals surface area contributed by atoms with Gasteiger partial charge < -0.3 is 15.4 Å². The number of aryl methyl sites for hydroxylation is 1. The normalized spacial score (nSPS) is 9.94. The Bertz CT molecular complexity index is 458. The first kappa shape index (κ1) is 14.0. The largest absolute Gasteiger partial charge is 0.469 e. The van der Waals surface area contributed by atoms with Crippen LogP contribution in [0.15, 0.2) is 18.2 Å². The quantitative estimate of drug-likeness (QED) is 0.644. The lowest BCUT2D eigenvalue weighted by Gasteiger charge is -2.18. The Balaban J connectivity index is 2.74. The molecule has 0 fully saturated rings. The SMILES string of the molecule is COC(=O)CCN(C)C(=O)c1cc(N)ccc1C. The highest BCUT2D eigenvalue weighted by Gasteiger charge is 2.15. The Morgan fingerprint density at radius 3 is 2.67 bits per heavy atom. The number of nitrogens with zero attached hydrogens (tertiary/aromatic N) is 1. The summed E-state index contributed by atoms with van der Waals surface area (Å²) in [7, 11) is 2.97. The maximum atomic E-state index is 12.1. The van der Waals surface area contributed by atoms with E-state index >= 15 is 0 Å². The van der Waals surface area contributed by atoms with E-state index in [1.165, 1.54) is 12.0 Å². The second kappa shape index (κ2) is 6.05. The molecule has 18 heavy (non-hydrogen) atoms. The van der Waals surface area contributed by atoms with E-state index in [9.17, 15) is 9.59 Å². The fourth-order valence-corrected chi connectivity index (χ4v) is 1.54. The van der Waals surface area contributed by atoms with E-state index < -0.39 is 0 Å². The van der Waals surface area contributed by atoms with Crippen molar-refractivity contribution in [1.82, 2.24) is 4.90 Å². The third-order valence-corrected chi connectivity index (χ3v) is 2.72. The molecule has 1 amide bonds. The van der Waals surface area contributed by atoms with Crippen molar-refractivity contribution in [3.8, 4) is 0 Å². The van der Waals surface area contributed by atoms with Gasteiger partial charge in [0, 0.05) is 24.8 Å². The molecule has 2 N–H and O–H groups in total. The van der Waals surface area contributed by atoms with Crippen LogP contribution in [0.1, 0.15) is 22.3 Å². The molecule has 0 aliphatic rings. The number of ether oxygens (including phenoxy) is 1. The molecule has 5 nitrogen and oxygen atoms in total. The molecular formula is C13H18N2O3.